The molecule has 178 valence electrons. The van der Waals surface area contributed by atoms with Gasteiger partial charge in [0.05, 0.1) is 5.56 Å². The van der Waals surface area contributed by atoms with Crippen molar-refractivity contribution in [1.82, 2.24) is 10.2 Å². The molecule has 0 fully saturated rings. The first-order chi connectivity index (χ1) is 15.5. The van der Waals surface area contributed by atoms with Gasteiger partial charge in [0.15, 0.2) is 0 Å². The summed E-state index contributed by atoms with van der Waals surface area (Å²) in [6.07, 6.45) is -2.44. The van der Waals surface area contributed by atoms with E-state index in [0.29, 0.717) is 29.8 Å². The molecular formula is C23H27F3N4O2S. The monoisotopic (exact) mass is 480 g/mol. The molecule has 3 amide bonds. The number of rotatable bonds is 6. The van der Waals surface area contributed by atoms with Crippen molar-refractivity contribution in [3.05, 3.63) is 53.1 Å². The van der Waals surface area contributed by atoms with Crippen LogP contribution in [-0.4, -0.2) is 56.3 Å². The van der Waals surface area contributed by atoms with Gasteiger partial charge >= 0.3 is 12.2 Å². The first kappa shape index (κ1) is 24.9. The van der Waals surface area contributed by atoms with Gasteiger partial charge in [0.2, 0.25) is 0 Å². The average molecular weight is 481 g/mol. The number of fused-ring (bicyclic) bond motifs is 1. The predicted molar refractivity (Wildman–Crippen MR) is 125 cm³/mol. The molecule has 6 nitrogen and oxygen atoms in total. The topological polar surface area (TPSA) is 64.7 Å². The van der Waals surface area contributed by atoms with Crippen LogP contribution in [0.3, 0.4) is 0 Å². The maximum Gasteiger partial charge on any atom is 0.417 e. The van der Waals surface area contributed by atoms with Crippen LogP contribution in [-0.2, 0) is 12.6 Å². The highest BCUT2D eigenvalue weighted by molar-refractivity contribution is 7.98. The Morgan fingerprint density at radius 1 is 1.21 bits per heavy atom. The van der Waals surface area contributed by atoms with E-state index in [-0.39, 0.29) is 29.1 Å². The minimum Gasteiger partial charge on any atom is -0.348 e. The third-order valence-electron chi connectivity index (χ3n) is 5.24. The second kappa shape index (κ2) is 10.0. The summed E-state index contributed by atoms with van der Waals surface area (Å²) in [6, 6.07) is 8.40. The number of likely N-dealkylation sites (N-methyl/N-ethyl adjacent to an activating group) is 1. The Labute approximate surface area is 195 Å². The molecule has 3 rings (SSSR count). The van der Waals surface area contributed by atoms with Gasteiger partial charge in [-0.3, -0.25) is 9.69 Å². The summed E-state index contributed by atoms with van der Waals surface area (Å²) in [7, 11) is 3.82. The van der Waals surface area contributed by atoms with Crippen molar-refractivity contribution in [3.8, 4) is 0 Å². The van der Waals surface area contributed by atoms with Gasteiger partial charge in [0, 0.05) is 41.0 Å². The van der Waals surface area contributed by atoms with Crippen molar-refractivity contribution in [2.45, 2.75) is 30.5 Å². The van der Waals surface area contributed by atoms with E-state index in [4.69, 9.17) is 0 Å². The molecule has 1 unspecified atom stereocenters. The molecular weight excluding hydrogens is 453 g/mol. The Bertz CT molecular complexity index is 1040. The molecule has 0 aromatic heterocycles. The summed E-state index contributed by atoms with van der Waals surface area (Å²) in [6.45, 7) is 2.85. The van der Waals surface area contributed by atoms with E-state index >= 15 is 0 Å². The van der Waals surface area contributed by atoms with Crippen LogP contribution >= 0.6 is 11.8 Å². The largest absolute Gasteiger partial charge is 0.417 e. The van der Waals surface area contributed by atoms with Gasteiger partial charge in [-0.25, -0.2) is 4.79 Å². The number of amides is 3. The average Bonchev–Trinajstić information content (AvgIpc) is 3.14. The van der Waals surface area contributed by atoms with Gasteiger partial charge in [-0.05, 0) is 69.6 Å². The molecule has 33 heavy (non-hydrogen) atoms. The zero-order valence-corrected chi connectivity index (χ0v) is 19.7. The smallest absolute Gasteiger partial charge is 0.348 e. The summed E-state index contributed by atoms with van der Waals surface area (Å²) in [5, 5.41) is 5.60. The van der Waals surface area contributed by atoms with E-state index < -0.39 is 17.8 Å². The fourth-order valence-corrected chi connectivity index (χ4v) is 4.50. The number of hydrogen-bond acceptors (Lipinski definition) is 4. The number of carbonyl (C=O) groups is 2. The number of nitrogens with one attached hydrogen (secondary N) is 2. The van der Waals surface area contributed by atoms with Crippen molar-refractivity contribution < 1.29 is 22.8 Å². The molecule has 2 aromatic rings. The maximum atomic E-state index is 13.5. The number of halogens is 3. The maximum absolute atomic E-state index is 13.5. The molecule has 0 aliphatic carbocycles. The minimum absolute atomic E-state index is 0.0687. The normalized spacial score (nSPS) is 14.2. The van der Waals surface area contributed by atoms with E-state index in [9.17, 15) is 22.8 Å². The molecule has 1 heterocycles. The van der Waals surface area contributed by atoms with Crippen molar-refractivity contribution in [1.29, 1.82) is 0 Å². The number of carbonyl (C=O) groups excluding carboxylic acids is 2. The van der Waals surface area contributed by atoms with Crippen molar-refractivity contribution in [2.24, 2.45) is 0 Å². The Morgan fingerprint density at radius 3 is 2.58 bits per heavy atom. The zero-order chi connectivity index (χ0) is 24.3. The Morgan fingerprint density at radius 2 is 1.94 bits per heavy atom. The number of anilines is 2. The van der Waals surface area contributed by atoms with Crippen molar-refractivity contribution in [3.63, 3.8) is 0 Å². The van der Waals surface area contributed by atoms with Gasteiger partial charge in [0.1, 0.15) is 0 Å². The zero-order valence-electron chi connectivity index (χ0n) is 18.9. The van der Waals surface area contributed by atoms with Crippen LogP contribution in [0.2, 0.25) is 0 Å². The van der Waals surface area contributed by atoms with Gasteiger partial charge in [-0.1, -0.05) is 6.07 Å². The molecule has 1 aliphatic heterocycles. The van der Waals surface area contributed by atoms with E-state index in [1.54, 1.807) is 30.5 Å². The summed E-state index contributed by atoms with van der Waals surface area (Å²) < 4.78 is 40.5. The van der Waals surface area contributed by atoms with Crippen LogP contribution in [0.5, 0.6) is 0 Å². The molecule has 1 aliphatic rings. The number of urea groups is 1. The lowest BCUT2D eigenvalue weighted by atomic mass is 10.1. The third-order valence-corrected chi connectivity index (χ3v) is 6.02. The van der Waals surface area contributed by atoms with Crippen LogP contribution in [0.25, 0.3) is 0 Å². The Hall–Kier alpha value is -2.72. The number of hydrogen-bond donors (Lipinski definition) is 2. The van der Waals surface area contributed by atoms with Crippen LogP contribution < -0.4 is 15.5 Å². The number of nitrogens with zero attached hydrogens (tertiary/aromatic N) is 2. The molecule has 0 saturated carbocycles. The van der Waals surface area contributed by atoms with Gasteiger partial charge in [0.25, 0.3) is 5.91 Å². The predicted octanol–water partition coefficient (Wildman–Crippen LogP) is 4.70. The number of alkyl halides is 3. The fourth-order valence-electron chi connectivity index (χ4n) is 3.85. The van der Waals surface area contributed by atoms with Gasteiger partial charge in [-0.15, -0.1) is 11.8 Å². The fraction of sp³-hybridized carbons (Fsp3) is 0.391. The highest BCUT2D eigenvalue weighted by Crippen LogP contribution is 2.42. The van der Waals surface area contributed by atoms with E-state index in [1.165, 1.54) is 11.0 Å². The van der Waals surface area contributed by atoms with Gasteiger partial charge < -0.3 is 15.5 Å². The molecule has 1 atom stereocenters. The number of benzene rings is 2. The molecule has 10 heteroatoms. The molecule has 0 bridgehead atoms. The standard InChI is InChI=1S/C23H27F3N4O2S/c1-14(13-29(2)3)27-21(31)16-6-5-7-17(10-16)28-22(32)30-9-8-15-11-20(33-4)18(12-19(15)30)23(24,25)26/h5-7,10-12,14H,8-9,13H2,1-4H3,(H,27,31)(H,28,32). The third kappa shape index (κ3) is 6.00. The summed E-state index contributed by atoms with van der Waals surface area (Å²) in [4.78, 5) is 28.8. The van der Waals surface area contributed by atoms with Crippen LogP contribution in [0.15, 0.2) is 41.3 Å². The lowest BCUT2D eigenvalue weighted by Gasteiger charge is -2.21. The molecule has 2 aromatic carbocycles. The summed E-state index contributed by atoms with van der Waals surface area (Å²) >= 11 is 1.03. The van der Waals surface area contributed by atoms with E-state index in [0.717, 1.165) is 17.8 Å². The SMILES string of the molecule is CSc1cc2c(cc1C(F)(F)F)N(C(=O)Nc1cccc(C(=O)NC(C)CN(C)C)c1)CC2. The molecule has 0 spiro atoms. The highest BCUT2D eigenvalue weighted by Gasteiger charge is 2.36. The summed E-state index contributed by atoms with van der Waals surface area (Å²) in [5.41, 5.74) is 0.968. The lowest BCUT2D eigenvalue weighted by molar-refractivity contribution is -0.139. The van der Waals surface area contributed by atoms with Crippen LogP contribution in [0.4, 0.5) is 29.3 Å². The van der Waals surface area contributed by atoms with Crippen molar-refractivity contribution in [2.75, 3.05) is 43.7 Å². The van der Waals surface area contributed by atoms with E-state index in [1.807, 2.05) is 25.9 Å². The van der Waals surface area contributed by atoms with Gasteiger partial charge in [-0.2, -0.15) is 13.2 Å². The minimum atomic E-state index is -4.51. The molecule has 0 radical (unpaired) electrons. The quantitative estimate of drug-likeness (QED) is 0.589. The van der Waals surface area contributed by atoms with Crippen LogP contribution in [0, 0.1) is 0 Å². The molecule has 0 saturated heterocycles. The van der Waals surface area contributed by atoms with Crippen LogP contribution in [0.1, 0.15) is 28.4 Å². The lowest BCUT2D eigenvalue weighted by Crippen LogP contribution is -2.39. The Balaban J connectivity index is 1.76. The first-order valence-electron chi connectivity index (χ1n) is 10.4. The van der Waals surface area contributed by atoms with E-state index in [2.05, 4.69) is 10.6 Å². The Kier molecular flexibility index (Phi) is 7.58. The first-order valence-corrected chi connectivity index (χ1v) is 11.6. The highest BCUT2D eigenvalue weighted by atomic mass is 32.2. The summed E-state index contributed by atoms with van der Waals surface area (Å²) in [5.74, 6) is -0.272. The van der Waals surface area contributed by atoms with Crippen molar-refractivity contribution >= 4 is 35.1 Å². The second-order valence-electron chi connectivity index (χ2n) is 8.23. The second-order valence-corrected chi connectivity index (χ2v) is 9.08. The molecule has 2 N–H and O–H groups in total. The number of thioether (sulfide) groups is 1.